The lowest BCUT2D eigenvalue weighted by molar-refractivity contribution is 0.483. The molecule has 2 aromatic rings. The number of benzene rings is 2. The molecule has 0 aliphatic rings. The van der Waals surface area contributed by atoms with E-state index in [9.17, 15) is 13.0 Å². The molecule has 2 rings (SSSR count). The summed E-state index contributed by atoms with van der Waals surface area (Å²) in [5.74, 6) is 0. The first-order valence-electron chi connectivity index (χ1n) is 19.0. The van der Waals surface area contributed by atoms with Gasteiger partial charge in [-0.05, 0) is 59.7 Å². The molecule has 2 aromatic carbocycles. The van der Waals surface area contributed by atoms with Crippen molar-refractivity contribution < 1.29 is 13.0 Å². The largest absolute Gasteiger partial charge is 0.294 e. The molecule has 0 fully saturated rings. The summed E-state index contributed by atoms with van der Waals surface area (Å²) in [6, 6.07) is 9.39. The molecule has 0 saturated carbocycles. The first kappa shape index (κ1) is 38.8. The first-order chi connectivity index (χ1) is 21.5. The lowest BCUT2D eigenvalue weighted by Crippen LogP contribution is -2.00. The third-order valence-electron chi connectivity index (χ3n) is 9.58. The highest BCUT2D eigenvalue weighted by Crippen LogP contribution is 2.28. The van der Waals surface area contributed by atoms with Crippen LogP contribution in [0, 0.1) is 0 Å². The molecular formula is C40H68O3S. The predicted octanol–water partition coefficient (Wildman–Crippen LogP) is 13.4. The monoisotopic (exact) mass is 628 g/mol. The Morgan fingerprint density at radius 2 is 0.864 bits per heavy atom. The second-order valence-corrected chi connectivity index (χ2v) is 15.0. The second-order valence-electron chi connectivity index (χ2n) is 13.5. The van der Waals surface area contributed by atoms with Crippen molar-refractivity contribution in [3.05, 3.63) is 41.5 Å². The van der Waals surface area contributed by atoms with E-state index in [0.717, 1.165) is 23.6 Å². The smallest absolute Gasteiger partial charge is 0.282 e. The van der Waals surface area contributed by atoms with Crippen LogP contribution in [-0.2, 0) is 23.0 Å². The Balaban J connectivity index is 1.74. The standard InChI is InChI=1S/C40H68O3S/c1-3-5-7-9-11-13-15-17-19-21-23-25-27-29-36-31-32-37-35-38(44(41,42)43)33-34-40(37)39(36)30-28-26-24-22-20-18-16-14-12-10-8-6-4-2/h31-35H,3-30H2,1-2H3,(H,41,42,43). The second kappa shape index (κ2) is 24.8. The van der Waals surface area contributed by atoms with E-state index in [-0.39, 0.29) is 4.90 Å². The van der Waals surface area contributed by atoms with Gasteiger partial charge in [0.25, 0.3) is 10.1 Å². The van der Waals surface area contributed by atoms with Crippen LogP contribution in [0.4, 0.5) is 0 Å². The summed E-state index contributed by atoms with van der Waals surface area (Å²) < 4.78 is 33.1. The molecule has 0 aliphatic carbocycles. The first-order valence-corrected chi connectivity index (χ1v) is 20.4. The minimum Gasteiger partial charge on any atom is -0.282 e. The molecule has 0 radical (unpaired) electrons. The molecule has 0 aromatic heterocycles. The molecule has 0 atom stereocenters. The van der Waals surface area contributed by atoms with E-state index in [1.807, 2.05) is 6.07 Å². The summed E-state index contributed by atoms with van der Waals surface area (Å²) in [5, 5.41) is 2.07. The van der Waals surface area contributed by atoms with Crippen LogP contribution in [0.1, 0.15) is 192 Å². The molecule has 0 saturated heterocycles. The number of rotatable bonds is 29. The average molecular weight is 629 g/mol. The molecule has 252 valence electrons. The highest BCUT2D eigenvalue weighted by molar-refractivity contribution is 7.85. The van der Waals surface area contributed by atoms with Gasteiger partial charge in [0, 0.05) is 0 Å². The molecular weight excluding hydrogens is 561 g/mol. The summed E-state index contributed by atoms with van der Waals surface area (Å²) in [7, 11) is -4.19. The van der Waals surface area contributed by atoms with Gasteiger partial charge in [0.05, 0.1) is 4.90 Å². The molecule has 0 amide bonds. The maximum absolute atomic E-state index is 11.7. The van der Waals surface area contributed by atoms with E-state index in [1.54, 1.807) is 12.1 Å². The van der Waals surface area contributed by atoms with Gasteiger partial charge in [-0.2, -0.15) is 8.42 Å². The number of hydrogen-bond donors (Lipinski definition) is 1. The molecule has 0 heterocycles. The third-order valence-corrected chi connectivity index (χ3v) is 10.4. The lowest BCUT2D eigenvalue weighted by atomic mass is 9.91. The molecule has 0 bridgehead atoms. The topological polar surface area (TPSA) is 54.4 Å². The average Bonchev–Trinajstić information content (AvgIpc) is 3.01. The zero-order valence-electron chi connectivity index (χ0n) is 28.9. The van der Waals surface area contributed by atoms with Gasteiger partial charge in [0.15, 0.2) is 0 Å². The Morgan fingerprint density at radius 3 is 1.27 bits per heavy atom. The van der Waals surface area contributed by atoms with Gasteiger partial charge in [0.1, 0.15) is 0 Å². The molecule has 0 unspecified atom stereocenters. The van der Waals surface area contributed by atoms with Gasteiger partial charge >= 0.3 is 0 Å². The number of fused-ring (bicyclic) bond motifs is 1. The summed E-state index contributed by atoms with van der Waals surface area (Å²) >= 11 is 0. The fourth-order valence-electron chi connectivity index (χ4n) is 6.76. The lowest BCUT2D eigenvalue weighted by Gasteiger charge is -2.14. The minimum absolute atomic E-state index is 0.0128. The zero-order valence-corrected chi connectivity index (χ0v) is 29.7. The third kappa shape index (κ3) is 17.3. The van der Waals surface area contributed by atoms with E-state index < -0.39 is 10.1 Å². The van der Waals surface area contributed by atoms with Gasteiger partial charge < -0.3 is 0 Å². The van der Waals surface area contributed by atoms with E-state index in [4.69, 9.17) is 0 Å². The summed E-state index contributed by atoms with van der Waals surface area (Å²) in [4.78, 5) is -0.0128. The van der Waals surface area contributed by atoms with Crippen LogP contribution in [0.15, 0.2) is 35.2 Å². The maximum Gasteiger partial charge on any atom is 0.294 e. The van der Waals surface area contributed by atoms with Crippen molar-refractivity contribution in [2.24, 2.45) is 0 Å². The summed E-state index contributed by atoms with van der Waals surface area (Å²) in [6.45, 7) is 4.57. The van der Waals surface area contributed by atoms with Crippen LogP contribution < -0.4 is 0 Å². The van der Waals surface area contributed by atoms with Crippen molar-refractivity contribution >= 4 is 20.9 Å². The molecule has 1 N–H and O–H groups in total. The number of aryl methyl sites for hydroxylation is 2. The Labute approximate surface area is 273 Å². The van der Waals surface area contributed by atoms with Crippen molar-refractivity contribution in [1.82, 2.24) is 0 Å². The number of unbranched alkanes of at least 4 members (excludes halogenated alkanes) is 24. The Bertz CT molecular complexity index is 1090. The van der Waals surface area contributed by atoms with Crippen molar-refractivity contribution in [1.29, 1.82) is 0 Å². The normalized spacial score (nSPS) is 12.0. The minimum atomic E-state index is -4.19. The fraction of sp³-hybridized carbons (Fsp3) is 0.750. The van der Waals surface area contributed by atoms with Crippen LogP contribution in [0.25, 0.3) is 10.8 Å². The summed E-state index contributed by atoms with van der Waals surface area (Å²) in [6.07, 6.45) is 37.6. The van der Waals surface area contributed by atoms with Crippen molar-refractivity contribution in [2.45, 2.75) is 199 Å². The number of hydrogen-bond acceptors (Lipinski definition) is 2. The van der Waals surface area contributed by atoms with E-state index in [0.29, 0.717) is 0 Å². The SMILES string of the molecule is CCCCCCCCCCCCCCCc1ccc2cc(S(=O)(=O)O)ccc2c1CCCCCCCCCCCCCCC. The molecule has 0 spiro atoms. The van der Waals surface area contributed by atoms with Crippen molar-refractivity contribution in [3.8, 4) is 0 Å². The molecule has 0 aliphatic heterocycles. The van der Waals surface area contributed by atoms with E-state index >= 15 is 0 Å². The van der Waals surface area contributed by atoms with Gasteiger partial charge in [-0.15, -0.1) is 0 Å². The summed E-state index contributed by atoms with van der Waals surface area (Å²) in [5.41, 5.74) is 2.82. The molecule has 4 heteroatoms. The van der Waals surface area contributed by atoms with Gasteiger partial charge in [-0.1, -0.05) is 186 Å². The molecule has 44 heavy (non-hydrogen) atoms. The van der Waals surface area contributed by atoms with Gasteiger partial charge in [-0.25, -0.2) is 0 Å². The van der Waals surface area contributed by atoms with Gasteiger partial charge in [0.2, 0.25) is 0 Å². The fourth-order valence-corrected chi connectivity index (χ4v) is 7.28. The van der Waals surface area contributed by atoms with Crippen molar-refractivity contribution in [2.75, 3.05) is 0 Å². The molecule has 3 nitrogen and oxygen atoms in total. The van der Waals surface area contributed by atoms with Gasteiger partial charge in [-0.3, -0.25) is 4.55 Å². The Hall–Kier alpha value is -1.39. The Kier molecular flexibility index (Phi) is 21.9. The highest BCUT2D eigenvalue weighted by atomic mass is 32.2. The highest BCUT2D eigenvalue weighted by Gasteiger charge is 2.13. The van der Waals surface area contributed by atoms with Crippen LogP contribution in [-0.4, -0.2) is 13.0 Å². The predicted molar refractivity (Wildman–Crippen MR) is 193 cm³/mol. The van der Waals surface area contributed by atoms with Crippen molar-refractivity contribution in [3.63, 3.8) is 0 Å². The van der Waals surface area contributed by atoms with Crippen LogP contribution in [0.2, 0.25) is 0 Å². The van der Waals surface area contributed by atoms with Crippen LogP contribution >= 0.6 is 0 Å². The zero-order chi connectivity index (χ0) is 31.7. The maximum atomic E-state index is 11.7. The van der Waals surface area contributed by atoms with Crippen LogP contribution in [0.3, 0.4) is 0 Å². The van der Waals surface area contributed by atoms with E-state index in [2.05, 4.69) is 26.0 Å². The van der Waals surface area contributed by atoms with Crippen LogP contribution in [0.5, 0.6) is 0 Å². The quantitative estimate of drug-likeness (QED) is 0.0720. The Morgan fingerprint density at radius 1 is 0.477 bits per heavy atom. The van der Waals surface area contributed by atoms with E-state index in [1.165, 1.54) is 178 Å².